The minimum atomic E-state index is 0.729. The first kappa shape index (κ1) is 14.2. The lowest BCUT2D eigenvalue weighted by Gasteiger charge is -2.19. The van der Waals surface area contributed by atoms with E-state index in [4.69, 9.17) is 4.42 Å². The summed E-state index contributed by atoms with van der Waals surface area (Å²) < 4.78 is 5.67. The Balaban J connectivity index is 1.62. The van der Waals surface area contributed by atoms with Crippen LogP contribution in [0.25, 0.3) is 0 Å². The molecule has 3 rings (SSSR count). The van der Waals surface area contributed by atoms with Gasteiger partial charge in [0.1, 0.15) is 5.76 Å². The Kier molecular flexibility index (Phi) is 4.30. The first-order valence-corrected chi connectivity index (χ1v) is 7.85. The molecule has 1 aromatic carbocycles. The highest BCUT2D eigenvalue weighted by atomic mass is 16.3. The fourth-order valence-electron chi connectivity index (χ4n) is 2.50. The van der Waals surface area contributed by atoms with Crippen molar-refractivity contribution in [2.75, 3.05) is 11.9 Å². The maximum Gasteiger partial charge on any atom is 0.127 e. The third kappa shape index (κ3) is 3.67. The molecule has 1 N–H and O–H groups in total. The molecule has 3 heteroatoms. The third-order valence-electron chi connectivity index (χ3n) is 4.16. The van der Waals surface area contributed by atoms with E-state index < -0.39 is 0 Å². The molecule has 3 nitrogen and oxygen atoms in total. The lowest BCUT2D eigenvalue weighted by molar-refractivity contribution is 0.499. The lowest BCUT2D eigenvalue weighted by Crippen LogP contribution is -2.19. The van der Waals surface area contributed by atoms with Crippen LogP contribution in [0.3, 0.4) is 0 Å². The number of anilines is 1. The second-order valence-corrected chi connectivity index (χ2v) is 5.90. The normalized spacial score (nSPS) is 14.4. The highest BCUT2D eigenvalue weighted by Crippen LogP contribution is 2.22. The molecule has 1 fully saturated rings. The van der Waals surface area contributed by atoms with Gasteiger partial charge in [-0.05, 0) is 43.0 Å². The molecule has 2 aromatic rings. The molecule has 1 aliphatic rings. The molecule has 0 aliphatic heterocycles. The van der Waals surface area contributed by atoms with Gasteiger partial charge >= 0.3 is 0 Å². The summed E-state index contributed by atoms with van der Waals surface area (Å²) in [5.41, 5.74) is 3.88. The number of hydrogen-bond donors (Lipinski definition) is 1. The summed E-state index contributed by atoms with van der Waals surface area (Å²) in [6.45, 7) is 3.90. The van der Waals surface area contributed by atoms with Gasteiger partial charge in [0.25, 0.3) is 0 Å². The van der Waals surface area contributed by atoms with Crippen molar-refractivity contribution < 1.29 is 4.42 Å². The summed E-state index contributed by atoms with van der Waals surface area (Å²) >= 11 is 0. The molecule has 0 amide bonds. The van der Waals surface area contributed by atoms with Gasteiger partial charge in [-0.15, -0.1) is 0 Å². The van der Waals surface area contributed by atoms with Crippen molar-refractivity contribution in [3.8, 4) is 0 Å². The van der Waals surface area contributed by atoms with Gasteiger partial charge in [-0.2, -0.15) is 0 Å². The van der Waals surface area contributed by atoms with Crippen LogP contribution in [0.5, 0.6) is 0 Å². The van der Waals surface area contributed by atoms with E-state index in [2.05, 4.69) is 54.5 Å². The van der Waals surface area contributed by atoms with Crippen LogP contribution in [0.4, 0.5) is 5.69 Å². The molecule has 0 atom stereocenters. The largest absolute Gasteiger partial charge is 0.467 e. The first-order valence-electron chi connectivity index (χ1n) is 7.85. The van der Waals surface area contributed by atoms with Crippen molar-refractivity contribution in [2.45, 2.75) is 45.3 Å². The lowest BCUT2D eigenvalue weighted by atomic mass is 10.1. The van der Waals surface area contributed by atoms with E-state index in [0.29, 0.717) is 0 Å². The van der Waals surface area contributed by atoms with Gasteiger partial charge in [0, 0.05) is 30.9 Å². The number of nitrogens with zero attached hydrogens (tertiary/aromatic N) is 1. The summed E-state index contributed by atoms with van der Waals surface area (Å²) in [7, 11) is 2.11. The Morgan fingerprint density at radius 2 is 1.95 bits per heavy atom. The molecule has 0 spiro atoms. The molecule has 1 saturated carbocycles. The Bertz CT molecular complexity index is 569. The molecular weight excluding hydrogens is 260 g/mol. The standard InChI is InChI=1S/C18H24N2O/c1-3-14-4-8-17(9-5-14)20(2)13-18-15(10-11-21-18)12-19-16-6-7-16/h4-5,8-11,16,19H,3,6-7,12-13H2,1-2H3. The SMILES string of the molecule is CCc1ccc(N(C)Cc2occc2CNC2CC2)cc1. The van der Waals surface area contributed by atoms with Crippen LogP contribution in [0, 0.1) is 0 Å². The quantitative estimate of drug-likeness (QED) is 0.839. The van der Waals surface area contributed by atoms with Gasteiger partial charge in [-0.1, -0.05) is 19.1 Å². The van der Waals surface area contributed by atoms with Crippen LogP contribution in [-0.2, 0) is 19.5 Å². The zero-order chi connectivity index (χ0) is 14.7. The molecule has 0 bridgehead atoms. The zero-order valence-corrected chi connectivity index (χ0v) is 12.9. The van der Waals surface area contributed by atoms with E-state index in [9.17, 15) is 0 Å². The highest BCUT2D eigenvalue weighted by Gasteiger charge is 2.21. The Morgan fingerprint density at radius 3 is 2.62 bits per heavy atom. The Morgan fingerprint density at radius 1 is 1.19 bits per heavy atom. The minimum absolute atomic E-state index is 0.729. The summed E-state index contributed by atoms with van der Waals surface area (Å²) in [6, 6.07) is 11.6. The van der Waals surface area contributed by atoms with Crippen LogP contribution in [0.15, 0.2) is 41.0 Å². The van der Waals surface area contributed by atoms with Crippen molar-refractivity contribution >= 4 is 5.69 Å². The number of rotatable bonds is 7. The number of nitrogens with one attached hydrogen (secondary N) is 1. The van der Waals surface area contributed by atoms with Gasteiger partial charge in [-0.25, -0.2) is 0 Å². The maximum atomic E-state index is 5.67. The Labute approximate surface area is 127 Å². The summed E-state index contributed by atoms with van der Waals surface area (Å²) in [5, 5.41) is 3.55. The van der Waals surface area contributed by atoms with Crippen molar-refractivity contribution in [3.63, 3.8) is 0 Å². The molecule has 1 heterocycles. The van der Waals surface area contributed by atoms with Gasteiger partial charge < -0.3 is 14.6 Å². The van der Waals surface area contributed by atoms with E-state index in [1.807, 2.05) is 0 Å². The maximum absolute atomic E-state index is 5.67. The Hall–Kier alpha value is -1.74. The fourth-order valence-corrected chi connectivity index (χ4v) is 2.50. The van der Waals surface area contributed by atoms with Gasteiger partial charge in [0.15, 0.2) is 0 Å². The van der Waals surface area contributed by atoms with Crippen molar-refractivity contribution in [2.24, 2.45) is 0 Å². The molecule has 1 aliphatic carbocycles. The average molecular weight is 284 g/mol. The van der Waals surface area contributed by atoms with Crippen LogP contribution in [0.2, 0.25) is 0 Å². The summed E-state index contributed by atoms with van der Waals surface area (Å²) in [6.07, 6.45) is 5.51. The predicted molar refractivity (Wildman–Crippen MR) is 86.5 cm³/mol. The van der Waals surface area contributed by atoms with Gasteiger partial charge in [-0.3, -0.25) is 0 Å². The van der Waals surface area contributed by atoms with E-state index in [1.54, 1.807) is 6.26 Å². The van der Waals surface area contributed by atoms with Gasteiger partial charge in [0.05, 0.1) is 12.8 Å². The van der Waals surface area contributed by atoms with E-state index in [-0.39, 0.29) is 0 Å². The van der Waals surface area contributed by atoms with Gasteiger partial charge in [0.2, 0.25) is 0 Å². The van der Waals surface area contributed by atoms with E-state index in [1.165, 1.54) is 29.7 Å². The van der Waals surface area contributed by atoms with Crippen molar-refractivity contribution in [3.05, 3.63) is 53.5 Å². The average Bonchev–Trinajstić information content (AvgIpc) is 3.25. The topological polar surface area (TPSA) is 28.4 Å². The zero-order valence-electron chi connectivity index (χ0n) is 12.9. The second-order valence-electron chi connectivity index (χ2n) is 5.90. The third-order valence-corrected chi connectivity index (χ3v) is 4.16. The monoisotopic (exact) mass is 284 g/mol. The molecule has 112 valence electrons. The first-order chi connectivity index (χ1) is 10.3. The van der Waals surface area contributed by atoms with E-state index in [0.717, 1.165) is 31.3 Å². The number of hydrogen-bond acceptors (Lipinski definition) is 3. The molecular formula is C18H24N2O. The van der Waals surface area contributed by atoms with Crippen LogP contribution < -0.4 is 10.2 Å². The smallest absolute Gasteiger partial charge is 0.127 e. The summed E-state index contributed by atoms with van der Waals surface area (Å²) in [4.78, 5) is 2.24. The minimum Gasteiger partial charge on any atom is -0.467 e. The van der Waals surface area contributed by atoms with E-state index >= 15 is 0 Å². The molecule has 1 aromatic heterocycles. The van der Waals surface area contributed by atoms with Crippen LogP contribution >= 0.6 is 0 Å². The highest BCUT2D eigenvalue weighted by molar-refractivity contribution is 5.47. The fraction of sp³-hybridized carbons (Fsp3) is 0.444. The molecule has 21 heavy (non-hydrogen) atoms. The number of aryl methyl sites for hydroxylation is 1. The van der Waals surface area contributed by atoms with Crippen LogP contribution in [-0.4, -0.2) is 13.1 Å². The molecule has 0 radical (unpaired) electrons. The molecule has 0 saturated heterocycles. The van der Waals surface area contributed by atoms with Crippen molar-refractivity contribution in [1.29, 1.82) is 0 Å². The predicted octanol–water partition coefficient (Wildman–Crippen LogP) is 3.73. The second kappa shape index (κ2) is 6.35. The molecule has 0 unspecified atom stereocenters. The van der Waals surface area contributed by atoms with Crippen molar-refractivity contribution in [1.82, 2.24) is 5.32 Å². The van der Waals surface area contributed by atoms with Crippen LogP contribution in [0.1, 0.15) is 36.7 Å². The number of furan rings is 1. The summed E-state index contributed by atoms with van der Waals surface area (Å²) in [5.74, 6) is 1.06. The number of benzene rings is 1.